The van der Waals surface area contributed by atoms with Crippen LogP contribution in [0.4, 0.5) is 0 Å². The third kappa shape index (κ3) is 4.10. The Balaban J connectivity index is 2.72. The molecule has 0 unspecified atom stereocenters. The molecule has 0 spiro atoms. The van der Waals surface area contributed by atoms with Gasteiger partial charge in [-0.3, -0.25) is 0 Å². The average Bonchev–Trinajstić information content (AvgIpc) is 2.27. The summed E-state index contributed by atoms with van der Waals surface area (Å²) in [6, 6.07) is 0. The topological polar surface area (TPSA) is 18.5 Å². The van der Waals surface area contributed by atoms with Gasteiger partial charge in [-0.15, -0.1) is 0 Å². The lowest BCUT2D eigenvalue weighted by Gasteiger charge is -2.03. The van der Waals surface area contributed by atoms with Crippen LogP contribution in [0.5, 0.6) is 0 Å². The molecule has 0 fully saturated rings. The predicted molar refractivity (Wildman–Crippen MR) is 57.7 cm³/mol. The Morgan fingerprint density at radius 3 is 3.21 bits per heavy atom. The monoisotopic (exact) mass is 192 g/mol. The molecule has 0 saturated heterocycles. The van der Waals surface area contributed by atoms with Gasteiger partial charge in [-0.1, -0.05) is 37.8 Å². The Hall–Kier alpha value is -1.28. The molecule has 0 amide bonds. The van der Waals surface area contributed by atoms with Gasteiger partial charge in [0.2, 0.25) is 0 Å². The summed E-state index contributed by atoms with van der Waals surface area (Å²) in [5.41, 5.74) is 1.09. The van der Waals surface area contributed by atoms with E-state index in [4.69, 9.17) is 9.47 Å². The van der Waals surface area contributed by atoms with E-state index in [1.165, 1.54) is 0 Å². The predicted octanol–water partition coefficient (Wildman–Crippen LogP) is 2.95. The number of allylic oxidation sites excluding steroid dienone is 5. The van der Waals surface area contributed by atoms with Gasteiger partial charge in [-0.2, -0.15) is 0 Å². The fourth-order valence-electron chi connectivity index (χ4n) is 1.05. The highest BCUT2D eigenvalue weighted by atomic mass is 16.7. The highest BCUT2D eigenvalue weighted by Gasteiger charge is 1.95. The standard InChI is InChI=1S/C12H16O2/c1-3-4-6-12-7-5-8-13-10-14-11(2)9-12/h4-7,9H,2-3,8,10H2,1H3/b6-4+,7-5-,12-9-. The molecular weight excluding hydrogens is 176 g/mol. The van der Waals surface area contributed by atoms with Crippen molar-refractivity contribution in [3.05, 3.63) is 48.3 Å². The maximum atomic E-state index is 5.21. The van der Waals surface area contributed by atoms with Crippen molar-refractivity contribution in [3.63, 3.8) is 0 Å². The van der Waals surface area contributed by atoms with Crippen LogP contribution in [-0.4, -0.2) is 13.4 Å². The van der Waals surface area contributed by atoms with Crippen molar-refractivity contribution < 1.29 is 9.47 Å². The summed E-state index contributed by atoms with van der Waals surface area (Å²) in [7, 11) is 0. The fourth-order valence-corrected chi connectivity index (χ4v) is 1.05. The maximum absolute atomic E-state index is 5.21. The largest absolute Gasteiger partial charge is 0.468 e. The van der Waals surface area contributed by atoms with Gasteiger partial charge in [0, 0.05) is 0 Å². The van der Waals surface area contributed by atoms with Gasteiger partial charge in [0.25, 0.3) is 0 Å². The molecule has 0 bridgehead atoms. The van der Waals surface area contributed by atoms with Gasteiger partial charge in [-0.25, -0.2) is 0 Å². The molecule has 0 aromatic carbocycles. The van der Waals surface area contributed by atoms with Crippen LogP contribution in [0.1, 0.15) is 13.3 Å². The Morgan fingerprint density at radius 1 is 1.57 bits per heavy atom. The summed E-state index contributed by atoms with van der Waals surface area (Å²) >= 11 is 0. The summed E-state index contributed by atoms with van der Waals surface area (Å²) in [6.07, 6.45) is 11.0. The molecule has 0 radical (unpaired) electrons. The first-order valence-electron chi connectivity index (χ1n) is 4.77. The summed E-state index contributed by atoms with van der Waals surface area (Å²) in [4.78, 5) is 0. The lowest BCUT2D eigenvalue weighted by molar-refractivity contribution is -0.00599. The Morgan fingerprint density at radius 2 is 2.43 bits per heavy atom. The molecule has 14 heavy (non-hydrogen) atoms. The van der Waals surface area contributed by atoms with Crippen molar-refractivity contribution in [1.29, 1.82) is 0 Å². The Labute approximate surface area is 85.2 Å². The van der Waals surface area contributed by atoms with Crippen molar-refractivity contribution in [1.82, 2.24) is 0 Å². The first kappa shape index (κ1) is 10.8. The molecule has 0 aromatic rings. The van der Waals surface area contributed by atoms with Gasteiger partial charge < -0.3 is 9.47 Å². The van der Waals surface area contributed by atoms with Crippen molar-refractivity contribution >= 4 is 0 Å². The minimum atomic E-state index is 0.268. The first-order valence-corrected chi connectivity index (χ1v) is 4.77. The van der Waals surface area contributed by atoms with Crippen LogP contribution in [-0.2, 0) is 9.47 Å². The highest BCUT2D eigenvalue weighted by molar-refractivity contribution is 5.35. The molecule has 0 saturated carbocycles. The van der Waals surface area contributed by atoms with Crippen molar-refractivity contribution in [2.45, 2.75) is 13.3 Å². The third-order valence-electron chi connectivity index (χ3n) is 1.73. The normalized spacial score (nSPS) is 24.4. The quantitative estimate of drug-likeness (QED) is 0.669. The van der Waals surface area contributed by atoms with Gasteiger partial charge in [0.1, 0.15) is 5.76 Å². The maximum Gasteiger partial charge on any atom is 0.189 e. The molecule has 1 rings (SSSR count). The summed E-state index contributed by atoms with van der Waals surface area (Å²) in [6.45, 7) is 6.71. The lowest BCUT2D eigenvalue weighted by Crippen LogP contribution is -1.97. The van der Waals surface area contributed by atoms with E-state index in [0.29, 0.717) is 12.4 Å². The molecule has 1 aliphatic rings. The van der Waals surface area contributed by atoms with Crippen molar-refractivity contribution in [2.24, 2.45) is 0 Å². The molecule has 0 aliphatic carbocycles. The summed E-state index contributed by atoms with van der Waals surface area (Å²) < 4.78 is 10.4. The molecule has 1 aliphatic heterocycles. The van der Waals surface area contributed by atoms with Crippen LogP contribution in [0.25, 0.3) is 0 Å². The summed E-state index contributed by atoms with van der Waals surface area (Å²) in [5, 5.41) is 0. The molecule has 76 valence electrons. The van der Waals surface area contributed by atoms with E-state index >= 15 is 0 Å². The molecule has 0 atom stereocenters. The number of hydrogen-bond acceptors (Lipinski definition) is 2. The smallest absolute Gasteiger partial charge is 0.189 e. The fraction of sp³-hybridized carbons (Fsp3) is 0.333. The van der Waals surface area contributed by atoms with E-state index < -0.39 is 0 Å². The lowest BCUT2D eigenvalue weighted by atomic mass is 10.2. The van der Waals surface area contributed by atoms with Crippen LogP contribution < -0.4 is 0 Å². The zero-order chi connectivity index (χ0) is 10.2. The van der Waals surface area contributed by atoms with E-state index in [-0.39, 0.29) is 6.79 Å². The first-order chi connectivity index (χ1) is 6.83. The molecule has 0 N–H and O–H groups in total. The SMILES string of the molecule is C=C1/C=C(/C=C/CC)\C=C/COCO1. The molecule has 2 nitrogen and oxygen atoms in total. The van der Waals surface area contributed by atoms with Crippen molar-refractivity contribution in [2.75, 3.05) is 13.4 Å². The van der Waals surface area contributed by atoms with Crippen LogP contribution in [0.15, 0.2) is 48.3 Å². The highest BCUT2D eigenvalue weighted by Crippen LogP contribution is 2.08. The van der Waals surface area contributed by atoms with Gasteiger partial charge in [-0.05, 0) is 18.1 Å². The second-order valence-corrected chi connectivity index (χ2v) is 2.96. The number of rotatable bonds is 2. The molecular formula is C12H16O2. The van der Waals surface area contributed by atoms with Gasteiger partial charge in [0.05, 0.1) is 6.61 Å². The minimum absolute atomic E-state index is 0.268. The minimum Gasteiger partial charge on any atom is -0.468 e. The Bertz CT molecular complexity index is 272. The van der Waals surface area contributed by atoms with Crippen LogP contribution >= 0.6 is 0 Å². The Kier molecular flexibility index (Phi) is 4.79. The van der Waals surface area contributed by atoms with E-state index in [1.807, 2.05) is 18.2 Å². The van der Waals surface area contributed by atoms with E-state index in [0.717, 1.165) is 12.0 Å². The van der Waals surface area contributed by atoms with Crippen molar-refractivity contribution in [3.8, 4) is 0 Å². The third-order valence-corrected chi connectivity index (χ3v) is 1.73. The van der Waals surface area contributed by atoms with Gasteiger partial charge in [0.15, 0.2) is 6.79 Å². The second-order valence-electron chi connectivity index (χ2n) is 2.96. The molecule has 0 aromatic heterocycles. The molecule has 1 heterocycles. The van der Waals surface area contributed by atoms with E-state index in [1.54, 1.807) is 0 Å². The van der Waals surface area contributed by atoms with Crippen LogP contribution in [0.3, 0.4) is 0 Å². The average molecular weight is 192 g/mol. The zero-order valence-electron chi connectivity index (χ0n) is 8.53. The number of ether oxygens (including phenoxy) is 2. The van der Waals surface area contributed by atoms with Crippen LogP contribution in [0, 0.1) is 0 Å². The van der Waals surface area contributed by atoms with E-state index in [9.17, 15) is 0 Å². The summed E-state index contributed by atoms with van der Waals surface area (Å²) in [5.74, 6) is 0.632. The number of hydrogen-bond donors (Lipinski definition) is 0. The molecule has 2 heteroatoms. The van der Waals surface area contributed by atoms with Crippen LogP contribution in [0.2, 0.25) is 0 Å². The second kappa shape index (κ2) is 6.22. The van der Waals surface area contributed by atoms with Gasteiger partial charge >= 0.3 is 0 Å². The van der Waals surface area contributed by atoms with E-state index in [2.05, 4.69) is 25.7 Å². The zero-order valence-corrected chi connectivity index (χ0v) is 8.53.